The van der Waals surface area contributed by atoms with Crippen molar-refractivity contribution in [2.75, 3.05) is 44.2 Å². The highest BCUT2D eigenvalue weighted by molar-refractivity contribution is 14.0. The molecule has 0 radical (unpaired) electrons. The smallest absolute Gasteiger partial charge is 0.194 e. The van der Waals surface area contributed by atoms with Crippen LogP contribution < -0.4 is 10.2 Å². The van der Waals surface area contributed by atoms with Crippen LogP contribution in [0, 0.1) is 5.82 Å². The van der Waals surface area contributed by atoms with Gasteiger partial charge < -0.3 is 19.5 Å². The second-order valence-electron chi connectivity index (χ2n) is 6.13. The zero-order valence-electron chi connectivity index (χ0n) is 15.3. The summed E-state index contributed by atoms with van der Waals surface area (Å²) in [6.07, 6.45) is 4.26. The molecule has 3 rings (SSSR count). The van der Waals surface area contributed by atoms with Crippen molar-refractivity contribution >= 4 is 35.6 Å². The Balaban J connectivity index is 0.00000261. The molecule has 27 heavy (non-hydrogen) atoms. The van der Waals surface area contributed by atoms with E-state index in [4.69, 9.17) is 9.41 Å². The molecule has 0 unspecified atom stereocenters. The Morgan fingerprint density at radius 3 is 2.63 bits per heavy atom. The Kier molecular flexibility index (Phi) is 8.63. The van der Waals surface area contributed by atoms with E-state index < -0.39 is 0 Å². The van der Waals surface area contributed by atoms with E-state index in [1.54, 1.807) is 12.3 Å². The lowest BCUT2D eigenvalue weighted by molar-refractivity contribution is 0.371. The predicted octanol–water partition coefficient (Wildman–Crippen LogP) is 3.53. The maximum Gasteiger partial charge on any atom is 0.194 e. The largest absolute Gasteiger partial charge is 0.469 e. The lowest BCUT2D eigenvalue weighted by atomic mass is 10.2. The highest BCUT2D eigenvalue weighted by Crippen LogP contribution is 2.20. The zero-order chi connectivity index (χ0) is 18.2. The van der Waals surface area contributed by atoms with Crippen molar-refractivity contribution in [3.05, 3.63) is 66.9 Å². The normalized spacial score (nSPS) is 14.6. The van der Waals surface area contributed by atoms with Gasteiger partial charge >= 0.3 is 0 Å². The van der Waals surface area contributed by atoms with Crippen molar-refractivity contribution in [3.63, 3.8) is 0 Å². The number of hydrogen-bond acceptors (Lipinski definition) is 3. The van der Waals surface area contributed by atoms with E-state index in [-0.39, 0.29) is 29.8 Å². The number of nitrogens with one attached hydrogen (secondary N) is 1. The number of piperazine rings is 1. The molecule has 1 aliphatic heterocycles. The molecule has 1 aromatic heterocycles. The monoisotopic (exact) mass is 484 g/mol. The van der Waals surface area contributed by atoms with Crippen molar-refractivity contribution in [2.45, 2.75) is 6.42 Å². The first-order valence-corrected chi connectivity index (χ1v) is 8.94. The molecule has 0 bridgehead atoms. The molecule has 0 spiro atoms. The van der Waals surface area contributed by atoms with Crippen molar-refractivity contribution in [1.82, 2.24) is 10.2 Å². The fourth-order valence-electron chi connectivity index (χ4n) is 3.03. The fraction of sp³-hybridized carbons (Fsp3) is 0.350. The third-order valence-corrected chi connectivity index (χ3v) is 4.38. The molecule has 2 aromatic rings. The first kappa shape index (κ1) is 21.3. The number of furan rings is 1. The molecule has 0 amide bonds. The van der Waals surface area contributed by atoms with E-state index in [2.05, 4.69) is 21.7 Å². The van der Waals surface area contributed by atoms with Crippen molar-refractivity contribution in [1.29, 1.82) is 0 Å². The number of hydrogen-bond donors (Lipinski definition) is 1. The third kappa shape index (κ3) is 5.98. The topological polar surface area (TPSA) is 44.0 Å². The third-order valence-electron chi connectivity index (χ3n) is 4.38. The van der Waals surface area contributed by atoms with Crippen LogP contribution in [-0.2, 0) is 6.42 Å². The van der Waals surface area contributed by atoms with E-state index >= 15 is 0 Å². The van der Waals surface area contributed by atoms with Gasteiger partial charge in [-0.3, -0.25) is 4.99 Å². The van der Waals surface area contributed by atoms with Gasteiger partial charge in [-0.15, -0.1) is 30.6 Å². The Morgan fingerprint density at radius 1 is 1.19 bits per heavy atom. The maximum atomic E-state index is 14.0. The summed E-state index contributed by atoms with van der Waals surface area (Å²) in [4.78, 5) is 9.00. The van der Waals surface area contributed by atoms with Crippen molar-refractivity contribution < 1.29 is 8.81 Å². The summed E-state index contributed by atoms with van der Waals surface area (Å²) in [5.41, 5.74) is 0.669. The molecule has 0 saturated carbocycles. The van der Waals surface area contributed by atoms with E-state index in [1.165, 1.54) is 6.07 Å². The van der Waals surface area contributed by atoms with Crippen LogP contribution in [0.25, 0.3) is 0 Å². The van der Waals surface area contributed by atoms with E-state index in [1.807, 2.05) is 30.3 Å². The minimum atomic E-state index is -0.168. The van der Waals surface area contributed by atoms with Crippen LogP contribution in [0.1, 0.15) is 5.76 Å². The van der Waals surface area contributed by atoms with E-state index in [9.17, 15) is 4.39 Å². The molecule has 1 aliphatic rings. The fourth-order valence-corrected chi connectivity index (χ4v) is 3.03. The van der Waals surface area contributed by atoms with Crippen molar-refractivity contribution in [2.24, 2.45) is 4.99 Å². The molecular formula is C20H26FIN4O. The van der Waals surface area contributed by atoms with Crippen LogP contribution in [0.4, 0.5) is 10.1 Å². The number of nitrogens with zero attached hydrogens (tertiary/aromatic N) is 3. The summed E-state index contributed by atoms with van der Waals surface area (Å²) in [7, 11) is 0. The van der Waals surface area contributed by atoms with Gasteiger partial charge in [0.1, 0.15) is 11.6 Å². The lowest BCUT2D eigenvalue weighted by Gasteiger charge is -2.37. The van der Waals surface area contributed by atoms with E-state index in [0.717, 1.165) is 44.3 Å². The van der Waals surface area contributed by atoms with Gasteiger partial charge in [-0.1, -0.05) is 18.2 Å². The van der Waals surface area contributed by atoms with Gasteiger partial charge in [0, 0.05) is 45.7 Å². The second-order valence-corrected chi connectivity index (χ2v) is 6.13. The van der Waals surface area contributed by atoms with Crippen LogP contribution in [0.3, 0.4) is 0 Å². The summed E-state index contributed by atoms with van der Waals surface area (Å²) < 4.78 is 19.3. The number of halogens is 2. The summed E-state index contributed by atoms with van der Waals surface area (Å²) >= 11 is 0. The Hall–Kier alpha value is -2.03. The lowest BCUT2D eigenvalue weighted by Crippen LogP contribution is -2.52. The van der Waals surface area contributed by atoms with Crippen LogP contribution in [0.2, 0.25) is 0 Å². The molecule has 146 valence electrons. The van der Waals surface area contributed by atoms with Gasteiger partial charge in [0.15, 0.2) is 5.96 Å². The van der Waals surface area contributed by atoms with Crippen LogP contribution >= 0.6 is 24.0 Å². The van der Waals surface area contributed by atoms with E-state index in [0.29, 0.717) is 18.8 Å². The molecule has 0 aliphatic carbocycles. The number of guanidine groups is 1. The predicted molar refractivity (Wildman–Crippen MR) is 119 cm³/mol. The number of benzene rings is 1. The highest BCUT2D eigenvalue weighted by Gasteiger charge is 2.21. The summed E-state index contributed by atoms with van der Waals surface area (Å²) in [6, 6.07) is 10.8. The first-order valence-electron chi connectivity index (χ1n) is 8.94. The van der Waals surface area contributed by atoms with Crippen molar-refractivity contribution in [3.8, 4) is 0 Å². The van der Waals surface area contributed by atoms with Crippen LogP contribution in [-0.4, -0.2) is 50.1 Å². The van der Waals surface area contributed by atoms with Crippen LogP contribution in [0.15, 0.2) is 64.7 Å². The molecule has 5 nitrogen and oxygen atoms in total. The number of aliphatic imine (C=N–C) groups is 1. The Morgan fingerprint density at radius 2 is 1.96 bits per heavy atom. The minimum Gasteiger partial charge on any atom is -0.469 e. The van der Waals surface area contributed by atoms with Gasteiger partial charge in [-0.25, -0.2) is 4.39 Å². The van der Waals surface area contributed by atoms with Gasteiger partial charge in [0.2, 0.25) is 0 Å². The average molecular weight is 484 g/mol. The molecule has 1 fully saturated rings. The molecular weight excluding hydrogens is 458 g/mol. The quantitative estimate of drug-likeness (QED) is 0.295. The maximum absolute atomic E-state index is 14.0. The molecule has 7 heteroatoms. The first-order chi connectivity index (χ1) is 12.8. The zero-order valence-corrected chi connectivity index (χ0v) is 17.6. The standard InChI is InChI=1S/C20H25FN4O.HI/c1-2-10-22-20(23-11-9-17-6-5-16-26-17)25-14-12-24(13-15-25)19-8-4-3-7-18(19)21;/h2-8,16H,1,9-15H2,(H,22,23);1H. The minimum absolute atomic E-state index is 0. The van der Waals surface area contributed by atoms with Crippen LogP contribution in [0.5, 0.6) is 0 Å². The van der Waals surface area contributed by atoms with Gasteiger partial charge in [-0.05, 0) is 24.3 Å². The average Bonchev–Trinajstić information content (AvgIpc) is 3.19. The van der Waals surface area contributed by atoms with Gasteiger partial charge in [-0.2, -0.15) is 0 Å². The molecule has 1 N–H and O–H groups in total. The van der Waals surface area contributed by atoms with Gasteiger partial charge in [0.05, 0.1) is 12.0 Å². The summed E-state index contributed by atoms with van der Waals surface area (Å²) in [5.74, 6) is 1.63. The SMILES string of the molecule is C=CCNC(=NCCc1ccco1)N1CCN(c2ccccc2F)CC1.I. The highest BCUT2D eigenvalue weighted by atomic mass is 127. The number of para-hydroxylation sites is 1. The number of rotatable bonds is 6. The van der Waals surface area contributed by atoms with Gasteiger partial charge in [0.25, 0.3) is 0 Å². The summed E-state index contributed by atoms with van der Waals surface area (Å²) in [6.45, 7) is 8.17. The Bertz CT molecular complexity index is 727. The second kappa shape index (κ2) is 11.0. The molecule has 2 heterocycles. The number of anilines is 1. The summed E-state index contributed by atoms with van der Waals surface area (Å²) in [5, 5.41) is 3.32. The molecule has 0 atom stereocenters. The molecule has 1 saturated heterocycles. The Labute approximate surface area is 177 Å². The molecule has 1 aromatic carbocycles.